The smallest absolute Gasteiger partial charge is 0.217 e. The van der Waals surface area contributed by atoms with E-state index in [0.29, 0.717) is 5.52 Å². The molecular formula is C7H5BrN2OS. The highest BCUT2D eigenvalue weighted by Crippen LogP contribution is 2.20. The van der Waals surface area contributed by atoms with Gasteiger partial charge in [-0.05, 0) is 18.2 Å². The van der Waals surface area contributed by atoms with Crippen LogP contribution in [0.1, 0.15) is 0 Å². The first-order chi connectivity index (χ1) is 5.68. The summed E-state index contributed by atoms with van der Waals surface area (Å²) in [5.74, 6) is 0. The Morgan fingerprint density at radius 3 is 3.00 bits per heavy atom. The molecule has 1 aromatic carbocycles. The van der Waals surface area contributed by atoms with Crippen molar-refractivity contribution >= 4 is 37.5 Å². The number of halogens is 1. The molecule has 2 aromatic rings. The van der Waals surface area contributed by atoms with E-state index < -0.39 is 0 Å². The predicted octanol–water partition coefficient (Wildman–Crippen LogP) is 2.18. The van der Waals surface area contributed by atoms with Crippen molar-refractivity contribution in [3.8, 4) is 0 Å². The van der Waals surface area contributed by atoms with Crippen LogP contribution in [0.25, 0.3) is 10.2 Å². The van der Waals surface area contributed by atoms with Gasteiger partial charge >= 0.3 is 0 Å². The summed E-state index contributed by atoms with van der Waals surface area (Å²) in [6, 6.07) is 5.54. The van der Waals surface area contributed by atoms with Gasteiger partial charge in [-0.1, -0.05) is 27.3 Å². The molecule has 0 aliphatic rings. The summed E-state index contributed by atoms with van der Waals surface area (Å²) in [5.41, 5.74) is 0.666. The normalized spacial score (nSPS) is 10.8. The van der Waals surface area contributed by atoms with Gasteiger partial charge in [-0.15, -0.1) is 0 Å². The Morgan fingerprint density at radius 2 is 2.25 bits per heavy atom. The maximum Gasteiger partial charge on any atom is 0.217 e. The number of nitrogens with one attached hydrogen (secondary N) is 1. The molecule has 0 amide bonds. The molecule has 0 unspecified atom stereocenters. The highest BCUT2D eigenvalue weighted by atomic mass is 79.9. The first-order valence-electron chi connectivity index (χ1n) is 3.23. The van der Waals surface area contributed by atoms with Crippen molar-refractivity contribution in [1.82, 2.24) is 4.73 Å². The molecule has 62 valence electrons. The third kappa shape index (κ3) is 1.05. The fraction of sp³-hybridized carbons (Fsp3) is 0. The zero-order valence-electron chi connectivity index (χ0n) is 5.91. The molecule has 12 heavy (non-hydrogen) atoms. The van der Waals surface area contributed by atoms with Gasteiger partial charge in [-0.3, -0.25) is 5.41 Å². The zero-order valence-corrected chi connectivity index (χ0v) is 8.32. The lowest BCUT2D eigenvalue weighted by Crippen LogP contribution is -2.08. The summed E-state index contributed by atoms with van der Waals surface area (Å²) in [4.78, 5) is 0.142. The molecule has 5 heteroatoms. The van der Waals surface area contributed by atoms with Crippen molar-refractivity contribution in [3.63, 3.8) is 0 Å². The lowest BCUT2D eigenvalue weighted by Gasteiger charge is -1.93. The highest BCUT2D eigenvalue weighted by molar-refractivity contribution is 9.10. The van der Waals surface area contributed by atoms with Gasteiger partial charge < -0.3 is 5.21 Å². The Hall–Kier alpha value is -0.810. The van der Waals surface area contributed by atoms with Crippen molar-refractivity contribution in [3.05, 3.63) is 27.5 Å². The fourth-order valence-electron chi connectivity index (χ4n) is 0.999. The molecule has 2 N–H and O–H groups in total. The molecule has 0 spiro atoms. The molecule has 0 aliphatic heterocycles. The van der Waals surface area contributed by atoms with E-state index in [2.05, 4.69) is 15.9 Å². The number of rotatable bonds is 0. The summed E-state index contributed by atoms with van der Waals surface area (Å²) >= 11 is 4.54. The van der Waals surface area contributed by atoms with Crippen LogP contribution in [0.15, 0.2) is 22.7 Å². The quantitative estimate of drug-likeness (QED) is 0.686. The summed E-state index contributed by atoms with van der Waals surface area (Å²) in [5, 5.41) is 16.7. The van der Waals surface area contributed by atoms with Crippen LogP contribution >= 0.6 is 27.3 Å². The van der Waals surface area contributed by atoms with E-state index in [1.165, 1.54) is 11.3 Å². The van der Waals surface area contributed by atoms with E-state index in [4.69, 9.17) is 5.41 Å². The zero-order chi connectivity index (χ0) is 8.72. The number of nitrogens with zero attached hydrogens (tertiary/aromatic N) is 1. The van der Waals surface area contributed by atoms with E-state index in [-0.39, 0.29) is 4.80 Å². The van der Waals surface area contributed by atoms with E-state index in [0.717, 1.165) is 13.9 Å². The van der Waals surface area contributed by atoms with Crippen molar-refractivity contribution in [2.45, 2.75) is 0 Å². The van der Waals surface area contributed by atoms with Crippen LogP contribution < -0.4 is 4.80 Å². The minimum Gasteiger partial charge on any atom is -0.426 e. The monoisotopic (exact) mass is 244 g/mol. The molecule has 0 radical (unpaired) electrons. The van der Waals surface area contributed by atoms with E-state index in [9.17, 15) is 5.21 Å². The number of thiazole rings is 1. The summed E-state index contributed by atoms with van der Waals surface area (Å²) in [6.45, 7) is 0. The molecule has 0 saturated heterocycles. The van der Waals surface area contributed by atoms with Gasteiger partial charge in [-0.2, -0.15) is 4.73 Å². The van der Waals surface area contributed by atoms with Gasteiger partial charge in [0.15, 0.2) is 0 Å². The molecule has 1 aromatic heterocycles. The van der Waals surface area contributed by atoms with Gasteiger partial charge in [0, 0.05) is 4.47 Å². The standard InChI is InChI=1S/C7H5BrN2OS/c8-4-1-2-6-5(3-4)10(11)7(9)12-6/h1-3,9,11H. The Morgan fingerprint density at radius 1 is 1.50 bits per heavy atom. The Kier molecular flexibility index (Phi) is 1.69. The van der Waals surface area contributed by atoms with Gasteiger partial charge in [0.2, 0.25) is 4.80 Å². The van der Waals surface area contributed by atoms with Gasteiger partial charge in [0.05, 0.1) is 4.70 Å². The molecule has 0 saturated carbocycles. The Bertz CT molecular complexity index is 488. The fourth-order valence-corrected chi connectivity index (χ4v) is 2.13. The molecule has 0 atom stereocenters. The third-order valence-corrected chi connectivity index (χ3v) is 2.97. The van der Waals surface area contributed by atoms with Crippen molar-refractivity contribution < 1.29 is 5.21 Å². The first-order valence-corrected chi connectivity index (χ1v) is 4.84. The van der Waals surface area contributed by atoms with Gasteiger partial charge in [0.1, 0.15) is 5.52 Å². The maximum absolute atomic E-state index is 9.34. The van der Waals surface area contributed by atoms with E-state index >= 15 is 0 Å². The minimum absolute atomic E-state index is 0.142. The number of hydrogen-bond acceptors (Lipinski definition) is 3. The highest BCUT2D eigenvalue weighted by Gasteiger charge is 2.02. The van der Waals surface area contributed by atoms with Crippen LogP contribution in [0.5, 0.6) is 0 Å². The molecular weight excluding hydrogens is 240 g/mol. The minimum atomic E-state index is 0.142. The van der Waals surface area contributed by atoms with E-state index in [1.807, 2.05) is 12.1 Å². The second-order valence-electron chi connectivity index (χ2n) is 2.33. The molecule has 0 bridgehead atoms. The SMILES string of the molecule is N=c1sc2ccc(Br)cc2n1O. The topological polar surface area (TPSA) is 49.0 Å². The van der Waals surface area contributed by atoms with Crippen LogP contribution in [0.4, 0.5) is 0 Å². The van der Waals surface area contributed by atoms with Crippen LogP contribution in [-0.2, 0) is 0 Å². The van der Waals surface area contributed by atoms with Crippen molar-refractivity contribution in [2.24, 2.45) is 0 Å². The number of hydrogen-bond donors (Lipinski definition) is 2. The van der Waals surface area contributed by atoms with Crippen molar-refractivity contribution in [2.75, 3.05) is 0 Å². The van der Waals surface area contributed by atoms with Crippen LogP contribution in [0, 0.1) is 5.41 Å². The summed E-state index contributed by atoms with van der Waals surface area (Å²) in [7, 11) is 0. The Labute approximate surface area is 80.5 Å². The molecule has 0 aliphatic carbocycles. The average Bonchev–Trinajstić information content (AvgIpc) is 2.31. The number of aromatic nitrogens is 1. The average molecular weight is 245 g/mol. The molecule has 0 fully saturated rings. The first kappa shape index (κ1) is 7.82. The van der Waals surface area contributed by atoms with E-state index in [1.54, 1.807) is 6.07 Å². The molecule has 2 rings (SSSR count). The third-order valence-electron chi connectivity index (χ3n) is 1.55. The summed E-state index contributed by atoms with van der Waals surface area (Å²) in [6.07, 6.45) is 0. The molecule has 3 nitrogen and oxygen atoms in total. The van der Waals surface area contributed by atoms with Crippen LogP contribution in [0.2, 0.25) is 0 Å². The summed E-state index contributed by atoms with van der Waals surface area (Å²) < 4.78 is 2.69. The largest absolute Gasteiger partial charge is 0.426 e. The predicted molar refractivity (Wildman–Crippen MR) is 50.6 cm³/mol. The Balaban J connectivity index is 2.98. The second-order valence-corrected chi connectivity index (χ2v) is 4.28. The van der Waals surface area contributed by atoms with Gasteiger partial charge in [-0.25, -0.2) is 0 Å². The lowest BCUT2D eigenvalue weighted by molar-refractivity contribution is 0.189. The number of fused-ring (bicyclic) bond motifs is 1. The number of benzene rings is 1. The van der Waals surface area contributed by atoms with Crippen LogP contribution in [-0.4, -0.2) is 9.94 Å². The molecule has 1 heterocycles. The van der Waals surface area contributed by atoms with Gasteiger partial charge in [0.25, 0.3) is 0 Å². The lowest BCUT2D eigenvalue weighted by atomic mass is 10.3. The van der Waals surface area contributed by atoms with Crippen molar-refractivity contribution in [1.29, 1.82) is 5.41 Å². The second kappa shape index (κ2) is 2.60. The maximum atomic E-state index is 9.34. The van der Waals surface area contributed by atoms with Crippen LogP contribution in [0.3, 0.4) is 0 Å².